The van der Waals surface area contributed by atoms with E-state index >= 15 is 0 Å². The highest BCUT2D eigenvalue weighted by Crippen LogP contribution is 2.32. The van der Waals surface area contributed by atoms with Crippen molar-refractivity contribution in [3.05, 3.63) is 89.5 Å². The van der Waals surface area contributed by atoms with Gasteiger partial charge in [-0.05, 0) is 59.7 Å². The van der Waals surface area contributed by atoms with Gasteiger partial charge in [0.05, 0.1) is 41.5 Å². The molecule has 0 fully saturated rings. The Morgan fingerprint density at radius 1 is 0.778 bits per heavy atom. The van der Waals surface area contributed by atoms with Crippen LogP contribution in [-0.4, -0.2) is 18.5 Å². The maximum atomic E-state index is 9.04. The van der Waals surface area contributed by atoms with Crippen LogP contribution in [0.5, 0.6) is 5.75 Å². The van der Waals surface area contributed by atoms with Crippen molar-refractivity contribution < 1.29 is 4.74 Å². The number of para-hydroxylation sites is 2. The largest absolute Gasteiger partial charge is 0.497 e. The highest BCUT2D eigenvalue weighted by molar-refractivity contribution is 6.20. The molecule has 0 radical (unpaired) electrons. The van der Waals surface area contributed by atoms with Crippen LogP contribution >= 0.6 is 0 Å². The molecule has 130 valence electrons. The van der Waals surface area contributed by atoms with Gasteiger partial charge in [0.25, 0.3) is 0 Å². The molecule has 1 aliphatic heterocycles. The molecule has 4 rings (SSSR count). The molecule has 1 heterocycles. The molecular formula is C23H17N3O. The Labute approximate surface area is 158 Å². The van der Waals surface area contributed by atoms with Gasteiger partial charge in [0, 0.05) is 6.42 Å². The summed E-state index contributed by atoms with van der Waals surface area (Å²) in [5, 5.41) is 9.04. The predicted molar refractivity (Wildman–Crippen MR) is 108 cm³/mol. The number of hydrogen-bond donors (Lipinski definition) is 0. The topological polar surface area (TPSA) is 57.7 Å². The lowest BCUT2D eigenvalue weighted by atomic mass is 9.99. The number of hydrogen-bond acceptors (Lipinski definition) is 4. The first kappa shape index (κ1) is 16.7. The minimum absolute atomic E-state index is 0.604. The van der Waals surface area contributed by atoms with Gasteiger partial charge in [0.2, 0.25) is 0 Å². The Hall–Kier alpha value is -3.71. The van der Waals surface area contributed by atoms with Crippen molar-refractivity contribution in [2.45, 2.75) is 6.42 Å². The molecular weight excluding hydrogens is 334 g/mol. The van der Waals surface area contributed by atoms with Crippen LogP contribution < -0.4 is 4.74 Å². The molecule has 0 amide bonds. The van der Waals surface area contributed by atoms with Crippen molar-refractivity contribution in [2.24, 2.45) is 9.98 Å². The fourth-order valence-corrected chi connectivity index (χ4v) is 3.04. The lowest BCUT2D eigenvalue weighted by Gasteiger charge is -2.09. The van der Waals surface area contributed by atoms with Crippen LogP contribution in [-0.2, 0) is 0 Å². The molecule has 3 aromatic carbocycles. The van der Waals surface area contributed by atoms with Crippen LogP contribution in [0.2, 0.25) is 0 Å². The Kier molecular flexibility index (Phi) is 4.51. The summed E-state index contributed by atoms with van der Waals surface area (Å²) in [4.78, 5) is 9.75. The van der Waals surface area contributed by atoms with E-state index in [0.29, 0.717) is 12.0 Å². The summed E-state index contributed by atoms with van der Waals surface area (Å²) < 4.78 is 5.26. The molecule has 0 atom stereocenters. The smallest absolute Gasteiger partial charge is 0.118 e. The van der Waals surface area contributed by atoms with Crippen molar-refractivity contribution in [3.63, 3.8) is 0 Å². The van der Waals surface area contributed by atoms with Crippen LogP contribution in [0, 0.1) is 11.3 Å². The molecule has 0 spiro atoms. The van der Waals surface area contributed by atoms with Crippen molar-refractivity contribution in [1.29, 1.82) is 5.26 Å². The van der Waals surface area contributed by atoms with Crippen molar-refractivity contribution in [3.8, 4) is 11.8 Å². The number of rotatable bonds is 3. The molecule has 27 heavy (non-hydrogen) atoms. The first-order chi connectivity index (χ1) is 13.3. The van der Waals surface area contributed by atoms with E-state index in [4.69, 9.17) is 20.0 Å². The van der Waals surface area contributed by atoms with Crippen LogP contribution in [0.4, 0.5) is 11.4 Å². The molecule has 0 aromatic heterocycles. The van der Waals surface area contributed by atoms with Crippen LogP contribution in [0.1, 0.15) is 23.1 Å². The van der Waals surface area contributed by atoms with E-state index in [-0.39, 0.29) is 0 Å². The van der Waals surface area contributed by atoms with Gasteiger partial charge in [-0.2, -0.15) is 5.26 Å². The Morgan fingerprint density at radius 2 is 1.30 bits per heavy atom. The molecule has 0 saturated heterocycles. The maximum absolute atomic E-state index is 9.04. The highest BCUT2D eigenvalue weighted by atomic mass is 16.5. The number of nitrogens with zero attached hydrogens (tertiary/aromatic N) is 3. The van der Waals surface area contributed by atoms with E-state index < -0.39 is 0 Å². The van der Waals surface area contributed by atoms with Crippen molar-refractivity contribution in [1.82, 2.24) is 0 Å². The van der Waals surface area contributed by atoms with E-state index in [2.05, 4.69) is 6.07 Å². The molecule has 0 N–H and O–H groups in total. The minimum atomic E-state index is 0.604. The third-order valence-corrected chi connectivity index (χ3v) is 4.50. The van der Waals surface area contributed by atoms with Gasteiger partial charge in [0.1, 0.15) is 5.75 Å². The molecule has 4 nitrogen and oxygen atoms in total. The third-order valence-electron chi connectivity index (χ3n) is 4.50. The fourth-order valence-electron chi connectivity index (χ4n) is 3.04. The molecule has 0 unspecified atom stereocenters. The van der Waals surface area contributed by atoms with Gasteiger partial charge < -0.3 is 4.74 Å². The summed E-state index contributed by atoms with van der Waals surface area (Å²) >= 11 is 0. The lowest BCUT2D eigenvalue weighted by molar-refractivity contribution is 0.415. The Balaban J connectivity index is 1.80. The van der Waals surface area contributed by atoms with Crippen LogP contribution in [0.3, 0.4) is 0 Å². The van der Waals surface area contributed by atoms with Gasteiger partial charge in [-0.1, -0.05) is 24.3 Å². The van der Waals surface area contributed by atoms with Gasteiger partial charge in [-0.25, -0.2) is 0 Å². The Morgan fingerprint density at radius 3 is 1.78 bits per heavy atom. The summed E-state index contributed by atoms with van der Waals surface area (Å²) in [6, 6.07) is 25.5. The molecule has 0 bridgehead atoms. The summed E-state index contributed by atoms with van der Waals surface area (Å²) in [5.74, 6) is 0.814. The van der Waals surface area contributed by atoms with E-state index in [9.17, 15) is 0 Å². The first-order valence-electron chi connectivity index (χ1n) is 8.66. The summed E-state index contributed by atoms with van der Waals surface area (Å²) in [5.41, 5.74) is 6.25. The Bertz CT molecular complexity index is 1070. The van der Waals surface area contributed by atoms with Gasteiger partial charge in [0.15, 0.2) is 0 Å². The quantitative estimate of drug-likeness (QED) is 0.650. The maximum Gasteiger partial charge on any atom is 0.118 e. The zero-order valence-electron chi connectivity index (χ0n) is 14.9. The zero-order valence-corrected chi connectivity index (χ0v) is 14.9. The highest BCUT2D eigenvalue weighted by Gasteiger charge is 2.16. The summed E-state index contributed by atoms with van der Waals surface area (Å²) in [6.07, 6.45) is 0.604. The standard InChI is InChI=1S/C23H17N3O/c1-27-19-12-10-18(11-13-19)23-14-22(17-8-6-16(15-24)7-9-17)25-20-4-2-3-5-21(20)26-23/h2-13H,14H2,1H3. The molecule has 0 saturated carbocycles. The van der Waals surface area contributed by atoms with E-state index in [1.165, 1.54) is 0 Å². The predicted octanol–water partition coefficient (Wildman–Crippen LogP) is 5.21. The number of benzene rings is 3. The monoisotopic (exact) mass is 351 g/mol. The minimum Gasteiger partial charge on any atom is -0.497 e. The van der Waals surface area contributed by atoms with Crippen LogP contribution in [0.15, 0.2) is 82.8 Å². The molecule has 1 aliphatic rings. The average molecular weight is 351 g/mol. The normalized spacial score (nSPS) is 12.9. The number of nitriles is 1. The number of fused-ring (bicyclic) bond motifs is 1. The first-order valence-corrected chi connectivity index (χ1v) is 8.66. The molecule has 3 aromatic rings. The van der Waals surface area contributed by atoms with Crippen molar-refractivity contribution >= 4 is 22.8 Å². The fraction of sp³-hybridized carbons (Fsp3) is 0.0870. The van der Waals surface area contributed by atoms with E-state index in [1.807, 2.05) is 72.8 Å². The zero-order chi connectivity index (χ0) is 18.6. The third kappa shape index (κ3) is 3.49. The van der Waals surface area contributed by atoms with E-state index in [1.54, 1.807) is 7.11 Å². The summed E-state index contributed by atoms with van der Waals surface area (Å²) in [7, 11) is 1.66. The summed E-state index contributed by atoms with van der Waals surface area (Å²) in [6.45, 7) is 0. The second-order valence-electron chi connectivity index (χ2n) is 6.20. The average Bonchev–Trinajstić information content (AvgIpc) is 2.93. The second-order valence-corrected chi connectivity index (χ2v) is 6.20. The molecule has 0 aliphatic carbocycles. The van der Waals surface area contributed by atoms with E-state index in [0.717, 1.165) is 39.7 Å². The van der Waals surface area contributed by atoms with Gasteiger partial charge in [-0.3, -0.25) is 9.98 Å². The van der Waals surface area contributed by atoms with Gasteiger partial charge >= 0.3 is 0 Å². The molecule has 4 heteroatoms. The lowest BCUT2D eigenvalue weighted by Crippen LogP contribution is -2.10. The van der Waals surface area contributed by atoms with Crippen LogP contribution in [0.25, 0.3) is 0 Å². The van der Waals surface area contributed by atoms with Gasteiger partial charge in [-0.15, -0.1) is 0 Å². The SMILES string of the molecule is COc1ccc(C2=Nc3ccccc3N=C(c3ccc(C#N)cc3)C2)cc1. The van der Waals surface area contributed by atoms with Crippen molar-refractivity contribution in [2.75, 3.05) is 7.11 Å². The number of aliphatic imine (C=N–C) groups is 2. The second kappa shape index (κ2) is 7.27. The number of methoxy groups -OCH3 is 1. The number of ether oxygens (including phenoxy) is 1.